The van der Waals surface area contributed by atoms with E-state index in [9.17, 15) is 0 Å². The molecule has 0 aliphatic heterocycles. The van der Waals surface area contributed by atoms with E-state index in [0.717, 1.165) is 16.5 Å². The maximum Gasteiger partial charge on any atom is 0.322 e. The fraction of sp³-hybridized carbons (Fsp3) is 0.308. The molecule has 2 aromatic rings. The zero-order valence-electron chi connectivity index (χ0n) is 10.9. The summed E-state index contributed by atoms with van der Waals surface area (Å²) in [7, 11) is 0. The number of anilines is 1. The van der Waals surface area contributed by atoms with Gasteiger partial charge < -0.3 is 10.1 Å². The van der Waals surface area contributed by atoms with Gasteiger partial charge in [0.2, 0.25) is 11.2 Å². The molecule has 0 radical (unpaired) electrons. The van der Waals surface area contributed by atoms with Crippen LogP contribution >= 0.6 is 27.5 Å². The molecule has 106 valence electrons. The third-order valence-corrected chi connectivity index (χ3v) is 3.02. The predicted molar refractivity (Wildman–Crippen MR) is 82.1 cm³/mol. The van der Waals surface area contributed by atoms with Crippen LogP contribution in [0.4, 0.5) is 5.95 Å². The van der Waals surface area contributed by atoms with Gasteiger partial charge in [0.25, 0.3) is 0 Å². The van der Waals surface area contributed by atoms with E-state index in [4.69, 9.17) is 16.3 Å². The standard InChI is InChI=1S/C13H14BrClN4O/c1-2-6-20-13-18-11(15)17-12(19-13)16-8-9-4-3-5-10(14)7-9/h3-5,7H,2,6,8H2,1H3,(H,16,17,18,19). The number of hydrogen-bond donors (Lipinski definition) is 1. The highest BCUT2D eigenvalue weighted by molar-refractivity contribution is 9.10. The third-order valence-electron chi connectivity index (χ3n) is 2.36. The Kier molecular flexibility index (Phi) is 5.55. The van der Waals surface area contributed by atoms with E-state index in [1.54, 1.807) is 0 Å². The molecular formula is C13H14BrClN4O. The van der Waals surface area contributed by atoms with E-state index in [1.807, 2.05) is 31.2 Å². The van der Waals surface area contributed by atoms with E-state index in [0.29, 0.717) is 19.1 Å². The lowest BCUT2D eigenvalue weighted by Crippen LogP contribution is -2.07. The molecule has 0 spiro atoms. The lowest BCUT2D eigenvalue weighted by molar-refractivity contribution is 0.291. The van der Waals surface area contributed by atoms with Gasteiger partial charge >= 0.3 is 6.01 Å². The SMILES string of the molecule is CCCOc1nc(Cl)nc(NCc2cccc(Br)c2)n1. The van der Waals surface area contributed by atoms with E-state index in [1.165, 1.54) is 0 Å². The van der Waals surface area contributed by atoms with Crippen LogP contribution in [0.15, 0.2) is 28.7 Å². The van der Waals surface area contributed by atoms with Gasteiger partial charge in [0.1, 0.15) is 0 Å². The smallest absolute Gasteiger partial charge is 0.322 e. The second kappa shape index (κ2) is 7.40. The van der Waals surface area contributed by atoms with E-state index in [-0.39, 0.29) is 11.3 Å². The minimum atomic E-state index is 0.114. The number of rotatable bonds is 6. The van der Waals surface area contributed by atoms with Gasteiger partial charge in [-0.3, -0.25) is 0 Å². The van der Waals surface area contributed by atoms with Crippen LogP contribution in [0.5, 0.6) is 6.01 Å². The van der Waals surface area contributed by atoms with Crippen LogP contribution < -0.4 is 10.1 Å². The molecule has 0 saturated carbocycles. The Morgan fingerprint density at radius 2 is 2.15 bits per heavy atom. The second-order valence-electron chi connectivity index (χ2n) is 4.04. The largest absolute Gasteiger partial charge is 0.463 e. The number of ether oxygens (including phenoxy) is 1. The lowest BCUT2D eigenvalue weighted by atomic mass is 10.2. The molecule has 0 bridgehead atoms. The van der Waals surface area contributed by atoms with Gasteiger partial charge in [-0.15, -0.1) is 0 Å². The average molecular weight is 358 g/mol. The van der Waals surface area contributed by atoms with Gasteiger partial charge in [-0.2, -0.15) is 15.0 Å². The van der Waals surface area contributed by atoms with Gasteiger partial charge in [-0.1, -0.05) is 35.0 Å². The minimum absolute atomic E-state index is 0.114. The molecule has 0 unspecified atom stereocenters. The van der Waals surface area contributed by atoms with Crippen molar-refractivity contribution in [2.45, 2.75) is 19.9 Å². The molecule has 1 N–H and O–H groups in total. The van der Waals surface area contributed by atoms with Crippen LogP contribution in [0.25, 0.3) is 0 Å². The highest BCUT2D eigenvalue weighted by Crippen LogP contribution is 2.15. The van der Waals surface area contributed by atoms with Gasteiger partial charge in [0.15, 0.2) is 0 Å². The van der Waals surface area contributed by atoms with Crippen molar-refractivity contribution in [3.63, 3.8) is 0 Å². The molecule has 0 saturated heterocycles. The second-order valence-corrected chi connectivity index (χ2v) is 5.30. The highest BCUT2D eigenvalue weighted by atomic mass is 79.9. The zero-order chi connectivity index (χ0) is 14.4. The van der Waals surface area contributed by atoms with Gasteiger partial charge in [-0.05, 0) is 35.7 Å². The average Bonchev–Trinajstić information content (AvgIpc) is 2.42. The van der Waals surface area contributed by atoms with Crippen LogP contribution in [-0.2, 0) is 6.54 Å². The number of hydrogen-bond acceptors (Lipinski definition) is 5. The van der Waals surface area contributed by atoms with Gasteiger partial charge in [0, 0.05) is 11.0 Å². The number of halogens is 2. The Bertz CT molecular complexity index is 582. The number of nitrogens with one attached hydrogen (secondary N) is 1. The summed E-state index contributed by atoms with van der Waals surface area (Å²) in [4.78, 5) is 12.1. The normalized spacial score (nSPS) is 10.3. The van der Waals surface area contributed by atoms with E-state index in [2.05, 4.69) is 36.2 Å². The van der Waals surface area contributed by atoms with Crippen molar-refractivity contribution in [1.29, 1.82) is 0 Å². The lowest BCUT2D eigenvalue weighted by Gasteiger charge is -2.07. The number of nitrogens with zero attached hydrogens (tertiary/aromatic N) is 3. The molecule has 1 heterocycles. The molecule has 5 nitrogen and oxygen atoms in total. The minimum Gasteiger partial charge on any atom is -0.463 e. The van der Waals surface area contributed by atoms with Crippen LogP contribution in [0, 0.1) is 0 Å². The van der Waals surface area contributed by atoms with Gasteiger partial charge in [-0.25, -0.2) is 0 Å². The van der Waals surface area contributed by atoms with Crippen molar-refractivity contribution in [3.05, 3.63) is 39.6 Å². The first-order valence-electron chi connectivity index (χ1n) is 6.20. The Labute approximate surface area is 130 Å². The molecule has 1 aromatic carbocycles. The summed E-state index contributed by atoms with van der Waals surface area (Å²) in [5.74, 6) is 0.399. The monoisotopic (exact) mass is 356 g/mol. The maximum absolute atomic E-state index is 5.85. The Balaban J connectivity index is 2.03. The molecule has 1 aromatic heterocycles. The summed E-state index contributed by atoms with van der Waals surface area (Å²) in [6.07, 6.45) is 0.879. The van der Waals surface area contributed by atoms with Crippen molar-refractivity contribution >= 4 is 33.5 Å². The van der Waals surface area contributed by atoms with Crippen molar-refractivity contribution in [2.75, 3.05) is 11.9 Å². The van der Waals surface area contributed by atoms with E-state index >= 15 is 0 Å². The number of aromatic nitrogens is 3. The fourth-order valence-corrected chi connectivity index (χ4v) is 2.10. The van der Waals surface area contributed by atoms with Crippen molar-refractivity contribution < 1.29 is 4.74 Å². The molecule has 0 aliphatic carbocycles. The summed E-state index contributed by atoms with van der Waals surface area (Å²) in [6, 6.07) is 8.21. The molecule has 0 atom stereocenters. The first kappa shape index (κ1) is 15.0. The quantitative estimate of drug-likeness (QED) is 0.854. The number of benzene rings is 1. The first-order chi connectivity index (χ1) is 9.67. The summed E-state index contributed by atoms with van der Waals surface area (Å²) < 4.78 is 6.38. The molecule has 0 fully saturated rings. The van der Waals surface area contributed by atoms with Crippen LogP contribution in [0.3, 0.4) is 0 Å². The maximum atomic E-state index is 5.85. The first-order valence-corrected chi connectivity index (χ1v) is 7.37. The molecule has 0 aliphatic rings. The summed E-state index contributed by atoms with van der Waals surface area (Å²) in [5, 5.41) is 3.21. The van der Waals surface area contributed by atoms with Gasteiger partial charge in [0.05, 0.1) is 6.61 Å². The van der Waals surface area contributed by atoms with Crippen LogP contribution in [0.2, 0.25) is 5.28 Å². The molecule has 7 heteroatoms. The molecule has 0 amide bonds. The van der Waals surface area contributed by atoms with Crippen molar-refractivity contribution in [1.82, 2.24) is 15.0 Å². The molecule has 2 rings (SSSR count). The molecule has 20 heavy (non-hydrogen) atoms. The van der Waals surface area contributed by atoms with Crippen LogP contribution in [0.1, 0.15) is 18.9 Å². The Morgan fingerprint density at radius 1 is 1.30 bits per heavy atom. The van der Waals surface area contributed by atoms with E-state index < -0.39 is 0 Å². The third kappa shape index (κ3) is 4.61. The molecular weight excluding hydrogens is 344 g/mol. The summed E-state index contributed by atoms with van der Waals surface area (Å²) in [6.45, 7) is 3.15. The topological polar surface area (TPSA) is 59.9 Å². The van der Waals surface area contributed by atoms with Crippen LogP contribution in [-0.4, -0.2) is 21.6 Å². The fourth-order valence-electron chi connectivity index (χ4n) is 1.50. The van der Waals surface area contributed by atoms with Crippen molar-refractivity contribution in [2.24, 2.45) is 0 Å². The predicted octanol–water partition coefficient (Wildman–Crippen LogP) is 3.69. The highest BCUT2D eigenvalue weighted by Gasteiger charge is 2.05. The van der Waals surface area contributed by atoms with Crippen molar-refractivity contribution in [3.8, 4) is 6.01 Å². The summed E-state index contributed by atoms with van der Waals surface area (Å²) >= 11 is 9.28. The Hall–Kier alpha value is -1.40. The summed E-state index contributed by atoms with van der Waals surface area (Å²) in [5.41, 5.74) is 1.10. The Morgan fingerprint density at radius 3 is 2.90 bits per heavy atom. The zero-order valence-corrected chi connectivity index (χ0v) is 13.3.